The number of carbonyl (C=O) groups is 1. The summed E-state index contributed by atoms with van der Waals surface area (Å²) in [5, 5.41) is 1.79. The first-order chi connectivity index (χ1) is 10.7. The second-order valence-electron chi connectivity index (χ2n) is 5.13. The van der Waals surface area contributed by atoms with Gasteiger partial charge in [-0.25, -0.2) is 0 Å². The molecule has 0 fully saturated rings. The van der Waals surface area contributed by atoms with Crippen LogP contribution in [0.1, 0.15) is 21.7 Å². The smallest absolute Gasteiger partial charge is 0.221 e. The van der Waals surface area contributed by atoms with Crippen molar-refractivity contribution in [3.8, 4) is 5.75 Å². The highest BCUT2D eigenvalue weighted by Gasteiger charge is 2.12. The van der Waals surface area contributed by atoms with E-state index in [1.807, 2.05) is 49.4 Å². The molecular formula is C19H16O3. The molecule has 3 aromatic rings. The summed E-state index contributed by atoms with van der Waals surface area (Å²) in [7, 11) is 1.62. The van der Waals surface area contributed by atoms with Crippen LogP contribution in [0.15, 0.2) is 59.2 Å². The molecule has 22 heavy (non-hydrogen) atoms. The summed E-state index contributed by atoms with van der Waals surface area (Å²) in [6.07, 6.45) is 4.92. The van der Waals surface area contributed by atoms with E-state index in [1.54, 1.807) is 19.4 Å². The summed E-state index contributed by atoms with van der Waals surface area (Å²) in [6, 6.07) is 13.4. The third kappa shape index (κ3) is 2.79. The second-order valence-corrected chi connectivity index (χ2v) is 5.13. The number of hydrogen-bond donors (Lipinski definition) is 0. The second kappa shape index (κ2) is 5.90. The largest absolute Gasteiger partial charge is 0.497 e. The summed E-state index contributed by atoms with van der Waals surface area (Å²) in [5.74, 6) is 1.02. The van der Waals surface area contributed by atoms with Gasteiger partial charge in [0.25, 0.3) is 0 Å². The highest BCUT2D eigenvalue weighted by atomic mass is 16.5. The van der Waals surface area contributed by atoms with Crippen LogP contribution in [-0.2, 0) is 0 Å². The molecule has 0 amide bonds. The van der Waals surface area contributed by atoms with Crippen LogP contribution >= 0.6 is 0 Å². The topological polar surface area (TPSA) is 39.4 Å². The number of allylic oxidation sites excluding steroid dienone is 1. The fourth-order valence-corrected chi connectivity index (χ4v) is 2.33. The van der Waals surface area contributed by atoms with Crippen LogP contribution in [-0.4, -0.2) is 12.9 Å². The molecule has 0 saturated carbocycles. The number of benzene rings is 2. The maximum Gasteiger partial charge on any atom is 0.221 e. The Hall–Kier alpha value is -2.81. The molecule has 0 N–H and O–H groups in total. The minimum atomic E-state index is -0.144. The van der Waals surface area contributed by atoms with Crippen LogP contribution in [0.25, 0.3) is 16.8 Å². The van der Waals surface area contributed by atoms with E-state index in [-0.39, 0.29) is 5.78 Å². The first-order valence-electron chi connectivity index (χ1n) is 7.02. The third-order valence-corrected chi connectivity index (χ3v) is 3.52. The number of ketones is 1. The lowest BCUT2D eigenvalue weighted by Crippen LogP contribution is -1.92. The van der Waals surface area contributed by atoms with E-state index in [2.05, 4.69) is 0 Å². The monoisotopic (exact) mass is 292 g/mol. The lowest BCUT2D eigenvalue weighted by Gasteiger charge is -1.99. The molecular weight excluding hydrogens is 276 g/mol. The SMILES string of the molecule is COc1ccc(C=CC(=O)c2occ3cc(C)ccc23)cc1. The van der Waals surface area contributed by atoms with Crippen LogP contribution < -0.4 is 4.74 Å². The van der Waals surface area contributed by atoms with Gasteiger partial charge in [-0.05, 0) is 36.8 Å². The zero-order valence-corrected chi connectivity index (χ0v) is 12.5. The average Bonchev–Trinajstić information content (AvgIpc) is 2.96. The van der Waals surface area contributed by atoms with Gasteiger partial charge >= 0.3 is 0 Å². The number of ether oxygens (including phenoxy) is 1. The van der Waals surface area contributed by atoms with Gasteiger partial charge in [0.05, 0.1) is 13.4 Å². The molecule has 1 aromatic heterocycles. The van der Waals surface area contributed by atoms with Gasteiger partial charge in [0.2, 0.25) is 5.78 Å². The lowest BCUT2D eigenvalue weighted by atomic mass is 10.1. The van der Waals surface area contributed by atoms with Crippen molar-refractivity contribution in [3.05, 3.63) is 71.7 Å². The van der Waals surface area contributed by atoms with Crippen molar-refractivity contribution in [1.29, 1.82) is 0 Å². The lowest BCUT2D eigenvalue weighted by molar-refractivity contribution is 0.102. The Labute approximate surface area is 128 Å². The average molecular weight is 292 g/mol. The van der Waals surface area contributed by atoms with Crippen molar-refractivity contribution in [2.24, 2.45) is 0 Å². The molecule has 0 saturated heterocycles. The van der Waals surface area contributed by atoms with Crippen molar-refractivity contribution in [2.45, 2.75) is 6.92 Å². The summed E-state index contributed by atoms with van der Waals surface area (Å²) in [5.41, 5.74) is 2.07. The Kier molecular flexibility index (Phi) is 3.79. The molecule has 0 atom stereocenters. The summed E-state index contributed by atoms with van der Waals surface area (Å²) < 4.78 is 10.5. The van der Waals surface area contributed by atoms with E-state index < -0.39 is 0 Å². The van der Waals surface area contributed by atoms with Gasteiger partial charge in [-0.3, -0.25) is 4.79 Å². The van der Waals surface area contributed by atoms with Crippen LogP contribution in [0.5, 0.6) is 5.75 Å². The third-order valence-electron chi connectivity index (χ3n) is 3.52. The number of methoxy groups -OCH3 is 1. The van der Waals surface area contributed by atoms with E-state index in [9.17, 15) is 4.79 Å². The molecule has 3 heteroatoms. The van der Waals surface area contributed by atoms with Crippen LogP contribution in [0.4, 0.5) is 0 Å². The fourth-order valence-electron chi connectivity index (χ4n) is 2.33. The molecule has 3 rings (SSSR count). The van der Waals surface area contributed by atoms with Crippen LogP contribution in [0, 0.1) is 6.92 Å². The maximum atomic E-state index is 12.3. The molecule has 2 aromatic carbocycles. The number of rotatable bonds is 4. The zero-order chi connectivity index (χ0) is 15.5. The van der Waals surface area contributed by atoms with Crippen LogP contribution in [0.3, 0.4) is 0 Å². The minimum absolute atomic E-state index is 0.144. The zero-order valence-electron chi connectivity index (χ0n) is 12.5. The molecule has 0 spiro atoms. The molecule has 1 heterocycles. The van der Waals surface area contributed by atoms with Gasteiger partial charge in [0, 0.05) is 10.8 Å². The number of fused-ring (bicyclic) bond motifs is 1. The first-order valence-corrected chi connectivity index (χ1v) is 7.02. The number of hydrogen-bond acceptors (Lipinski definition) is 3. The van der Waals surface area contributed by atoms with Gasteiger partial charge in [-0.2, -0.15) is 0 Å². The molecule has 110 valence electrons. The van der Waals surface area contributed by atoms with E-state index in [1.165, 1.54) is 6.08 Å². The quantitative estimate of drug-likeness (QED) is 0.519. The van der Waals surface area contributed by atoms with Gasteiger partial charge in [0.1, 0.15) is 5.75 Å². The maximum absolute atomic E-state index is 12.3. The summed E-state index contributed by atoms with van der Waals surface area (Å²) in [6.45, 7) is 2.01. The molecule has 0 aliphatic carbocycles. The van der Waals surface area contributed by atoms with E-state index in [4.69, 9.17) is 9.15 Å². The Morgan fingerprint density at radius 1 is 1.14 bits per heavy atom. The van der Waals surface area contributed by atoms with Crippen LogP contribution in [0.2, 0.25) is 0 Å². The molecule has 0 aliphatic rings. The Morgan fingerprint density at radius 3 is 2.64 bits per heavy atom. The normalized spacial score (nSPS) is 11.2. The molecule has 0 bridgehead atoms. The Morgan fingerprint density at radius 2 is 1.91 bits per heavy atom. The predicted molar refractivity (Wildman–Crippen MR) is 87.3 cm³/mol. The van der Waals surface area contributed by atoms with Crippen molar-refractivity contribution < 1.29 is 13.9 Å². The van der Waals surface area contributed by atoms with Gasteiger partial charge < -0.3 is 9.15 Å². The minimum Gasteiger partial charge on any atom is -0.497 e. The van der Waals surface area contributed by atoms with E-state index in [0.717, 1.165) is 27.6 Å². The predicted octanol–water partition coefficient (Wildman–Crippen LogP) is 4.65. The molecule has 3 nitrogen and oxygen atoms in total. The standard InChI is InChI=1S/C19H16O3/c1-13-3-9-17-15(11-13)12-22-19(17)18(20)10-6-14-4-7-16(21-2)8-5-14/h3-12H,1-2H3. The van der Waals surface area contributed by atoms with E-state index in [0.29, 0.717) is 5.76 Å². The highest BCUT2D eigenvalue weighted by Crippen LogP contribution is 2.23. The van der Waals surface area contributed by atoms with Gasteiger partial charge in [0.15, 0.2) is 5.76 Å². The Balaban J connectivity index is 1.84. The van der Waals surface area contributed by atoms with Crippen molar-refractivity contribution >= 4 is 22.6 Å². The summed E-state index contributed by atoms with van der Waals surface area (Å²) >= 11 is 0. The van der Waals surface area contributed by atoms with Crippen molar-refractivity contribution in [3.63, 3.8) is 0 Å². The number of furan rings is 1. The molecule has 0 radical (unpaired) electrons. The molecule has 0 unspecified atom stereocenters. The fraction of sp³-hybridized carbons (Fsp3) is 0.105. The first kappa shape index (κ1) is 14.1. The van der Waals surface area contributed by atoms with Gasteiger partial charge in [-0.1, -0.05) is 35.9 Å². The van der Waals surface area contributed by atoms with Crippen molar-refractivity contribution in [1.82, 2.24) is 0 Å². The number of aryl methyl sites for hydroxylation is 1. The number of carbonyl (C=O) groups excluding carboxylic acids is 1. The Bertz CT molecular complexity index is 839. The van der Waals surface area contributed by atoms with Crippen molar-refractivity contribution in [2.75, 3.05) is 7.11 Å². The highest BCUT2D eigenvalue weighted by molar-refractivity contribution is 6.12. The summed E-state index contributed by atoms with van der Waals surface area (Å²) in [4.78, 5) is 12.3. The van der Waals surface area contributed by atoms with E-state index >= 15 is 0 Å². The van der Waals surface area contributed by atoms with Gasteiger partial charge in [-0.15, -0.1) is 0 Å². The molecule has 0 aliphatic heterocycles.